The van der Waals surface area contributed by atoms with Gasteiger partial charge in [0.15, 0.2) is 5.58 Å². The van der Waals surface area contributed by atoms with Gasteiger partial charge in [0.2, 0.25) is 0 Å². The van der Waals surface area contributed by atoms with Crippen LogP contribution < -0.4 is 4.72 Å². The quantitative estimate of drug-likeness (QED) is 0.411. The molecule has 0 saturated heterocycles. The Morgan fingerprint density at radius 2 is 1.81 bits per heavy atom. The van der Waals surface area contributed by atoms with Crippen LogP contribution in [0.1, 0.15) is 38.1 Å². The highest BCUT2D eigenvalue weighted by Gasteiger charge is 2.31. The summed E-state index contributed by atoms with van der Waals surface area (Å²) in [5.74, 6) is -0.388. The Kier molecular flexibility index (Phi) is 6.09. The van der Waals surface area contributed by atoms with Crippen LogP contribution in [0.4, 0.5) is 4.39 Å². The van der Waals surface area contributed by atoms with E-state index >= 15 is 0 Å². The molecule has 7 heteroatoms. The van der Waals surface area contributed by atoms with Crippen LogP contribution in [-0.4, -0.2) is 19.4 Å². The van der Waals surface area contributed by atoms with Gasteiger partial charge in [-0.15, -0.1) is 4.72 Å². The highest BCUT2D eigenvalue weighted by atomic mass is 32.2. The van der Waals surface area contributed by atoms with E-state index in [0.717, 1.165) is 22.2 Å². The molecule has 2 aromatic carbocycles. The van der Waals surface area contributed by atoms with Gasteiger partial charge in [0, 0.05) is 34.4 Å². The maximum atomic E-state index is 13.4. The Morgan fingerprint density at radius 3 is 2.55 bits per heavy atom. The van der Waals surface area contributed by atoms with Gasteiger partial charge < -0.3 is 9.08 Å². The summed E-state index contributed by atoms with van der Waals surface area (Å²) in [6.07, 6.45) is 1.64. The number of nitrogens with one attached hydrogen (secondary N) is 1. The summed E-state index contributed by atoms with van der Waals surface area (Å²) in [6, 6.07) is 18.2. The lowest BCUT2D eigenvalue weighted by Crippen LogP contribution is -2.42. The summed E-state index contributed by atoms with van der Waals surface area (Å²) in [7, 11) is 0. The van der Waals surface area contributed by atoms with Crippen molar-refractivity contribution in [3.8, 4) is 11.3 Å². The highest BCUT2D eigenvalue weighted by molar-refractivity contribution is 7.90. The lowest BCUT2D eigenvalue weighted by molar-refractivity contribution is 0.459. The lowest BCUT2D eigenvalue weighted by Gasteiger charge is -2.29. The average Bonchev–Trinajstić information content (AvgIpc) is 3.18. The van der Waals surface area contributed by atoms with E-state index in [4.69, 9.17) is 4.52 Å². The molecule has 0 saturated carbocycles. The van der Waals surface area contributed by atoms with Crippen molar-refractivity contribution in [3.05, 3.63) is 83.9 Å². The van der Waals surface area contributed by atoms with Crippen molar-refractivity contribution >= 4 is 22.3 Å². The second-order valence-corrected chi connectivity index (χ2v) is 10.3. The van der Waals surface area contributed by atoms with Crippen LogP contribution in [0.2, 0.25) is 0 Å². The van der Waals surface area contributed by atoms with Crippen molar-refractivity contribution in [2.24, 2.45) is 0 Å². The predicted octanol–water partition coefficient (Wildman–Crippen LogP) is 5.36. The molecule has 4 rings (SSSR count). The van der Waals surface area contributed by atoms with Gasteiger partial charge in [-0.05, 0) is 50.6 Å². The topological polar surface area (TPSA) is 74.0 Å². The van der Waals surface area contributed by atoms with Gasteiger partial charge in [0.25, 0.3) is 0 Å². The molecular formula is C24H24FN3O2S. The smallest absolute Gasteiger partial charge is 0.167 e. The minimum atomic E-state index is -1.32. The van der Waals surface area contributed by atoms with Gasteiger partial charge in [0.1, 0.15) is 16.3 Å². The zero-order valence-electron chi connectivity index (χ0n) is 17.6. The number of rotatable bonds is 6. The van der Waals surface area contributed by atoms with Gasteiger partial charge >= 0.3 is 0 Å². The molecule has 31 heavy (non-hydrogen) atoms. The number of hydrogen-bond donors (Lipinski definition) is 1. The van der Waals surface area contributed by atoms with Gasteiger partial charge in [0.05, 0.1) is 12.2 Å². The summed E-state index contributed by atoms with van der Waals surface area (Å²) in [4.78, 5) is 4.21. The van der Waals surface area contributed by atoms with Crippen LogP contribution in [-0.2, 0) is 17.8 Å². The van der Waals surface area contributed by atoms with Crippen molar-refractivity contribution in [2.45, 2.75) is 38.0 Å². The minimum Gasteiger partial charge on any atom is -0.598 e. The number of aromatic nitrogens is 2. The third-order valence-corrected chi connectivity index (χ3v) is 6.59. The van der Waals surface area contributed by atoms with Gasteiger partial charge in [-0.25, -0.2) is 4.39 Å². The Balaban J connectivity index is 1.78. The summed E-state index contributed by atoms with van der Waals surface area (Å²) < 4.78 is 34.7. The van der Waals surface area contributed by atoms with Crippen LogP contribution in [0.3, 0.4) is 0 Å². The van der Waals surface area contributed by atoms with E-state index in [9.17, 15) is 8.94 Å². The van der Waals surface area contributed by atoms with Crippen molar-refractivity contribution < 1.29 is 13.5 Å². The average molecular weight is 438 g/mol. The number of nitrogens with zero attached hydrogens (tertiary/aromatic N) is 2. The van der Waals surface area contributed by atoms with E-state index in [0.29, 0.717) is 17.7 Å². The second-order valence-electron chi connectivity index (χ2n) is 8.34. The fraction of sp³-hybridized carbons (Fsp3) is 0.250. The molecular weight excluding hydrogens is 413 g/mol. The van der Waals surface area contributed by atoms with Crippen LogP contribution >= 0.6 is 0 Å². The summed E-state index contributed by atoms with van der Waals surface area (Å²) in [5.41, 5.74) is 3.94. The first-order valence-electron chi connectivity index (χ1n) is 10.0. The van der Waals surface area contributed by atoms with Crippen LogP contribution in [0.15, 0.2) is 71.4 Å². The fourth-order valence-electron chi connectivity index (χ4n) is 3.35. The molecule has 0 aliphatic heterocycles. The first-order valence-corrected chi connectivity index (χ1v) is 11.2. The van der Waals surface area contributed by atoms with E-state index in [1.807, 2.05) is 69.3 Å². The van der Waals surface area contributed by atoms with Crippen LogP contribution in [0.25, 0.3) is 22.2 Å². The monoisotopic (exact) mass is 437 g/mol. The number of hydrogen-bond acceptors (Lipinski definition) is 5. The van der Waals surface area contributed by atoms with E-state index in [1.54, 1.807) is 6.07 Å². The van der Waals surface area contributed by atoms with E-state index in [1.165, 1.54) is 12.3 Å². The molecule has 0 aliphatic rings. The summed E-state index contributed by atoms with van der Waals surface area (Å²) >= 11 is -1.32. The predicted molar refractivity (Wildman–Crippen MR) is 121 cm³/mol. The van der Waals surface area contributed by atoms with Gasteiger partial charge in [-0.3, -0.25) is 4.98 Å². The minimum absolute atomic E-state index is 0.329. The van der Waals surface area contributed by atoms with Crippen molar-refractivity contribution in [2.75, 3.05) is 0 Å². The standard InChI is InChI=1S/C24H24FN3O2S/c1-24(2,3)31(29)28-21(14-17-13-12-16(25)15-26-17)18-8-4-5-9-19(18)23-20-10-6-7-11-22(20)30-27-23/h4-13,15,21,28H,14H2,1-3H3/t21-,31?/m0/s1. The molecule has 2 aromatic heterocycles. The molecule has 2 heterocycles. The zero-order chi connectivity index (χ0) is 22.0. The summed E-state index contributed by atoms with van der Waals surface area (Å²) in [6.45, 7) is 5.75. The number of para-hydroxylation sites is 1. The SMILES string of the molecule is CC(C)(C)[S+]([O-])N[C@@H](Cc1ccc(F)cn1)c1ccccc1-c1noc2ccccc12. The first-order chi connectivity index (χ1) is 14.8. The molecule has 0 fully saturated rings. The third-order valence-electron chi connectivity index (χ3n) is 4.98. The van der Waals surface area contributed by atoms with Crippen LogP contribution in [0.5, 0.6) is 0 Å². The van der Waals surface area contributed by atoms with E-state index < -0.39 is 16.1 Å². The Bertz CT molecular complexity index is 1170. The fourth-order valence-corrected chi connectivity index (χ4v) is 4.18. The maximum Gasteiger partial charge on any atom is 0.167 e. The molecule has 0 bridgehead atoms. The first kappa shape index (κ1) is 21.5. The lowest BCUT2D eigenvalue weighted by atomic mass is 9.94. The Hall–Kier alpha value is -2.74. The summed E-state index contributed by atoms with van der Waals surface area (Å²) in [5, 5.41) is 5.22. The third kappa shape index (κ3) is 4.79. The van der Waals surface area contributed by atoms with Gasteiger partial charge in [-0.1, -0.05) is 41.6 Å². The molecule has 2 atom stereocenters. The second kappa shape index (κ2) is 8.78. The van der Waals surface area contributed by atoms with Crippen molar-refractivity contribution in [1.29, 1.82) is 0 Å². The largest absolute Gasteiger partial charge is 0.598 e. The molecule has 160 valence electrons. The van der Waals surface area contributed by atoms with Crippen molar-refractivity contribution in [1.82, 2.24) is 14.9 Å². The normalized spacial score (nSPS) is 14.0. The van der Waals surface area contributed by atoms with Crippen LogP contribution in [0, 0.1) is 5.82 Å². The Labute approximate surface area is 184 Å². The number of benzene rings is 2. The van der Waals surface area contributed by atoms with Gasteiger partial charge in [-0.2, -0.15) is 0 Å². The molecule has 1 unspecified atom stereocenters. The van der Waals surface area contributed by atoms with E-state index in [2.05, 4.69) is 14.9 Å². The van der Waals surface area contributed by atoms with Crippen molar-refractivity contribution in [3.63, 3.8) is 0 Å². The molecule has 4 aromatic rings. The number of fused-ring (bicyclic) bond motifs is 1. The Morgan fingerprint density at radius 1 is 1.06 bits per heavy atom. The molecule has 0 aliphatic carbocycles. The molecule has 1 N–H and O–H groups in total. The maximum absolute atomic E-state index is 13.4. The number of pyridine rings is 1. The highest BCUT2D eigenvalue weighted by Crippen LogP contribution is 2.34. The number of halogens is 1. The molecule has 0 amide bonds. The molecule has 0 spiro atoms. The molecule has 0 radical (unpaired) electrons. The zero-order valence-corrected chi connectivity index (χ0v) is 18.4. The van der Waals surface area contributed by atoms with E-state index in [-0.39, 0.29) is 11.9 Å². The molecule has 5 nitrogen and oxygen atoms in total.